The summed E-state index contributed by atoms with van der Waals surface area (Å²) >= 11 is 1.79. The molecule has 1 aromatic carbocycles. The van der Waals surface area contributed by atoms with Crippen LogP contribution in [0.3, 0.4) is 0 Å². The van der Waals surface area contributed by atoms with E-state index >= 15 is 0 Å². The molecule has 0 aliphatic heterocycles. The maximum absolute atomic E-state index is 11.5. The molecular weight excluding hydrogens is 474 g/mol. The molecule has 0 atom stereocenters. The highest BCUT2D eigenvalue weighted by molar-refractivity contribution is 7.99. The molecule has 1 saturated carbocycles. The topological polar surface area (TPSA) is 91.2 Å². The van der Waals surface area contributed by atoms with Crippen molar-refractivity contribution in [2.45, 2.75) is 69.5 Å². The lowest BCUT2D eigenvalue weighted by atomic mass is 10.1. The van der Waals surface area contributed by atoms with Crippen LogP contribution in [0.5, 0.6) is 5.75 Å². The lowest BCUT2D eigenvalue weighted by Crippen LogP contribution is -2.30. The van der Waals surface area contributed by atoms with Gasteiger partial charge in [-0.3, -0.25) is 9.55 Å². The number of nitrogens with one attached hydrogen (secondary N) is 1. The number of thioether (sulfide) groups is 1. The van der Waals surface area contributed by atoms with E-state index in [9.17, 15) is 4.79 Å². The van der Waals surface area contributed by atoms with Crippen LogP contribution in [-0.2, 0) is 11.3 Å². The van der Waals surface area contributed by atoms with Crippen LogP contribution < -0.4 is 10.1 Å². The van der Waals surface area contributed by atoms with Gasteiger partial charge in [0.25, 0.3) is 0 Å². The molecule has 8 nitrogen and oxygen atoms in total. The number of amides is 1. The van der Waals surface area contributed by atoms with Gasteiger partial charge in [0, 0.05) is 23.1 Å². The van der Waals surface area contributed by atoms with Crippen molar-refractivity contribution in [2.75, 3.05) is 6.61 Å². The summed E-state index contributed by atoms with van der Waals surface area (Å²) in [5.41, 5.74) is 2.74. The lowest BCUT2D eigenvalue weighted by Gasteiger charge is -2.13. The average Bonchev–Trinajstić information content (AvgIpc) is 3.52. The highest BCUT2D eigenvalue weighted by atomic mass is 32.2. The fourth-order valence-electron chi connectivity index (χ4n) is 3.90. The number of hydrogen-bond donors (Lipinski definition) is 1. The van der Waals surface area contributed by atoms with E-state index in [1.165, 1.54) is 25.7 Å². The minimum absolute atomic E-state index is 0.0242. The Morgan fingerprint density at radius 2 is 2.08 bits per heavy atom. The second-order valence-electron chi connectivity index (χ2n) is 8.91. The Hall–Kier alpha value is -3.51. The van der Waals surface area contributed by atoms with E-state index in [1.807, 2.05) is 61.9 Å². The number of ether oxygens (including phenoxy) is 2. The molecule has 2 aromatic heterocycles. The van der Waals surface area contributed by atoms with Crippen LogP contribution in [0, 0.1) is 18.8 Å². The van der Waals surface area contributed by atoms with E-state index < -0.39 is 6.09 Å². The molecule has 1 amide bonds. The predicted molar refractivity (Wildman–Crippen MR) is 139 cm³/mol. The Morgan fingerprint density at radius 1 is 1.25 bits per heavy atom. The van der Waals surface area contributed by atoms with Gasteiger partial charge in [-0.1, -0.05) is 36.4 Å². The number of alkyl carbamates (subject to hydrolysis) is 1. The first-order chi connectivity index (χ1) is 17.5. The molecule has 3 aromatic rings. The number of hydrogen-bond acceptors (Lipinski definition) is 7. The SMILES string of the molecule is Cc1cc(OCc2nnc(SC3CCCC3)n2-c2cccnc2)ccc1C#CCOC(=O)NC(C)C. The number of aryl methyl sites for hydroxylation is 1. The zero-order chi connectivity index (χ0) is 25.3. The first-order valence-corrected chi connectivity index (χ1v) is 13.0. The Labute approximate surface area is 216 Å². The van der Waals surface area contributed by atoms with E-state index in [-0.39, 0.29) is 19.3 Å². The van der Waals surface area contributed by atoms with Crippen molar-refractivity contribution in [2.24, 2.45) is 0 Å². The summed E-state index contributed by atoms with van der Waals surface area (Å²) in [6.07, 6.45) is 8.07. The molecule has 36 heavy (non-hydrogen) atoms. The fourth-order valence-corrected chi connectivity index (χ4v) is 5.17. The predicted octanol–water partition coefficient (Wildman–Crippen LogP) is 5.07. The summed E-state index contributed by atoms with van der Waals surface area (Å²) in [7, 11) is 0. The smallest absolute Gasteiger partial charge is 0.408 e. The first kappa shape index (κ1) is 25.6. The zero-order valence-electron chi connectivity index (χ0n) is 20.9. The van der Waals surface area contributed by atoms with Crippen LogP contribution in [0.1, 0.15) is 56.5 Å². The first-order valence-electron chi connectivity index (χ1n) is 12.2. The van der Waals surface area contributed by atoms with Crippen molar-refractivity contribution in [1.82, 2.24) is 25.1 Å². The monoisotopic (exact) mass is 505 g/mol. The van der Waals surface area contributed by atoms with Gasteiger partial charge in [0.05, 0.1) is 11.9 Å². The zero-order valence-corrected chi connectivity index (χ0v) is 21.7. The van der Waals surface area contributed by atoms with Crippen molar-refractivity contribution in [3.05, 3.63) is 59.7 Å². The molecule has 188 valence electrons. The third-order valence-corrected chi connectivity index (χ3v) is 6.93. The van der Waals surface area contributed by atoms with Crippen molar-refractivity contribution in [1.29, 1.82) is 0 Å². The standard InChI is InChI=1S/C27H31N5O3S/c1-19(2)29-27(33)34-15-7-8-21-12-13-23(16-20(21)3)35-18-25-30-31-26(36-24-10-4-5-11-24)32(25)22-9-6-14-28-17-22/h6,9,12-14,16-17,19,24H,4-5,10-11,15,18H2,1-3H3,(H,29,33). The third-order valence-electron chi connectivity index (χ3n) is 5.65. The van der Waals surface area contributed by atoms with E-state index in [0.29, 0.717) is 5.25 Å². The molecule has 4 rings (SSSR count). The summed E-state index contributed by atoms with van der Waals surface area (Å²) in [4.78, 5) is 15.8. The third kappa shape index (κ3) is 7.01. The Bertz CT molecular complexity index is 1230. The van der Waals surface area contributed by atoms with Crippen LogP contribution >= 0.6 is 11.8 Å². The van der Waals surface area contributed by atoms with Crippen LogP contribution in [0.2, 0.25) is 0 Å². The van der Waals surface area contributed by atoms with E-state index in [2.05, 4.69) is 32.3 Å². The molecule has 1 N–H and O–H groups in total. The van der Waals surface area contributed by atoms with Gasteiger partial charge in [-0.2, -0.15) is 0 Å². The van der Waals surface area contributed by atoms with Crippen molar-refractivity contribution in [3.8, 4) is 23.3 Å². The Kier molecular flexibility index (Phi) is 8.85. The fraction of sp³-hybridized carbons (Fsp3) is 0.407. The second kappa shape index (κ2) is 12.5. The average molecular weight is 506 g/mol. The van der Waals surface area contributed by atoms with Gasteiger partial charge in [-0.25, -0.2) is 4.79 Å². The molecule has 0 radical (unpaired) electrons. The normalized spacial score (nSPS) is 13.3. The molecule has 1 aliphatic carbocycles. The van der Waals surface area contributed by atoms with Crippen LogP contribution in [0.4, 0.5) is 4.79 Å². The minimum Gasteiger partial charge on any atom is -0.486 e. The molecule has 0 saturated heterocycles. The van der Waals surface area contributed by atoms with Crippen LogP contribution in [0.15, 0.2) is 47.9 Å². The Balaban J connectivity index is 1.41. The molecule has 1 fully saturated rings. The highest BCUT2D eigenvalue weighted by Crippen LogP contribution is 2.35. The minimum atomic E-state index is -0.469. The maximum Gasteiger partial charge on any atom is 0.408 e. The molecular formula is C27H31N5O3S. The summed E-state index contributed by atoms with van der Waals surface area (Å²) in [5, 5.41) is 13.0. The summed E-state index contributed by atoms with van der Waals surface area (Å²) < 4.78 is 13.2. The highest BCUT2D eigenvalue weighted by Gasteiger charge is 2.22. The molecule has 0 spiro atoms. The lowest BCUT2D eigenvalue weighted by molar-refractivity contribution is 0.157. The van der Waals surface area contributed by atoms with Gasteiger partial charge in [-0.05, 0) is 69.5 Å². The quantitative estimate of drug-likeness (QED) is 0.427. The summed E-state index contributed by atoms with van der Waals surface area (Å²) in [5.74, 6) is 7.37. The summed E-state index contributed by atoms with van der Waals surface area (Å²) in [6.45, 7) is 6.02. The van der Waals surface area contributed by atoms with Gasteiger partial charge < -0.3 is 14.8 Å². The number of carbonyl (C=O) groups excluding carboxylic acids is 1. The number of benzene rings is 1. The van der Waals surface area contributed by atoms with Crippen molar-refractivity contribution in [3.63, 3.8) is 0 Å². The van der Waals surface area contributed by atoms with Gasteiger partial charge in [0.1, 0.15) is 12.4 Å². The van der Waals surface area contributed by atoms with Crippen molar-refractivity contribution < 1.29 is 14.3 Å². The number of carbonyl (C=O) groups is 1. The van der Waals surface area contributed by atoms with Crippen LogP contribution in [0.25, 0.3) is 5.69 Å². The largest absolute Gasteiger partial charge is 0.486 e. The molecule has 0 unspecified atom stereocenters. The van der Waals surface area contributed by atoms with Gasteiger partial charge in [0.2, 0.25) is 0 Å². The Morgan fingerprint density at radius 3 is 2.81 bits per heavy atom. The molecule has 9 heteroatoms. The van der Waals surface area contributed by atoms with Crippen molar-refractivity contribution >= 4 is 17.9 Å². The van der Waals surface area contributed by atoms with E-state index in [0.717, 1.165) is 33.5 Å². The maximum atomic E-state index is 11.5. The molecule has 2 heterocycles. The number of rotatable bonds is 8. The van der Waals surface area contributed by atoms with Gasteiger partial charge in [0.15, 0.2) is 17.6 Å². The molecule has 0 bridgehead atoms. The van der Waals surface area contributed by atoms with Gasteiger partial charge >= 0.3 is 6.09 Å². The number of nitrogens with zero attached hydrogens (tertiary/aromatic N) is 4. The second-order valence-corrected chi connectivity index (χ2v) is 10.2. The molecule has 1 aliphatic rings. The number of aromatic nitrogens is 4. The van der Waals surface area contributed by atoms with Gasteiger partial charge in [-0.15, -0.1) is 10.2 Å². The number of pyridine rings is 1. The van der Waals surface area contributed by atoms with E-state index in [1.54, 1.807) is 18.0 Å². The summed E-state index contributed by atoms with van der Waals surface area (Å²) in [6, 6.07) is 9.66. The van der Waals surface area contributed by atoms with E-state index in [4.69, 9.17) is 9.47 Å². The van der Waals surface area contributed by atoms with Crippen LogP contribution in [-0.4, -0.2) is 43.7 Å².